The second kappa shape index (κ2) is 8.40. The van der Waals surface area contributed by atoms with E-state index in [1.54, 1.807) is 6.08 Å². The normalized spacial score (nSPS) is 38.8. The summed E-state index contributed by atoms with van der Waals surface area (Å²) in [7, 11) is 0. The maximum Gasteiger partial charge on any atom is 0.332 e. The summed E-state index contributed by atoms with van der Waals surface area (Å²) in [5, 5.41) is 9.20. The summed E-state index contributed by atoms with van der Waals surface area (Å²) in [5.41, 5.74) is -0.411. The van der Waals surface area contributed by atoms with Gasteiger partial charge in [-0.15, -0.1) is 0 Å². The van der Waals surface area contributed by atoms with E-state index in [2.05, 4.69) is 6.92 Å². The van der Waals surface area contributed by atoms with Crippen molar-refractivity contribution in [2.45, 2.75) is 69.9 Å². The molecule has 0 amide bonds. The van der Waals surface area contributed by atoms with Crippen LogP contribution in [-0.2, 0) is 23.8 Å². The number of fused-ring (bicyclic) bond motifs is 4. The molecule has 6 heteroatoms. The van der Waals surface area contributed by atoms with Crippen molar-refractivity contribution in [3.8, 4) is 0 Å². The van der Waals surface area contributed by atoms with Crippen molar-refractivity contribution >= 4 is 18.0 Å². The average molecular weight is 429 g/mol. The SMILES string of the molecule is CCC12C[C@@H](OC(=O)CO)[C@@](C)(O1)[C@@H]1CC[C@@H](C)[C@H]1[C@@H]2OC(=O)/C=C/c1ccccc1. The molecule has 7 atom stereocenters. The molecular formula is C25H32O6. The molecule has 1 saturated carbocycles. The van der Waals surface area contributed by atoms with Crippen molar-refractivity contribution in [2.75, 3.05) is 6.61 Å². The van der Waals surface area contributed by atoms with Crippen molar-refractivity contribution < 1.29 is 28.9 Å². The largest absolute Gasteiger partial charge is 0.457 e. The average Bonchev–Trinajstić information content (AvgIpc) is 3.28. The van der Waals surface area contributed by atoms with Gasteiger partial charge in [0.15, 0.2) is 0 Å². The van der Waals surface area contributed by atoms with Gasteiger partial charge in [-0.05, 0) is 49.7 Å². The van der Waals surface area contributed by atoms with Gasteiger partial charge in [-0.2, -0.15) is 0 Å². The van der Waals surface area contributed by atoms with Gasteiger partial charge in [0, 0.05) is 18.4 Å². The Bertz CT molecular complexity index is 851. The third-order valence-corrected chi connectivity index (χ3v) is 7.71. The van der Waals surface area contributed by atoms with Gasteiger partial charge < -0.3 is 19.3 Å². The molecule has 1 unspecified atom stereocenters. The predicted molar refractivity (Wildman–Crippen MR) is 115 cm³/mol. The Morgan fingerprint density at radius 2 is 1.97 bits per heavy atom. The molecule has 31 heavy (non-hydrogen) atoms. The minimum Gasteiger partial charge on any atom is -0.457 e. The van der Waals surface area contributed by atoms with E-state index >= 15 is 0 Å². The van der Waals surface area contributed by atoms with E-state index in [-0.39, 0.29) is 17.8 Å². The number of esters is 2. The van der Waals surface area contributed by atoms with E-state index in [1.165, 1.54) is 6.08 Å². The van der Waals surface area contributed by atoms with Gasteiger partial charge in [0.1, 0.15) is 30.0 Å². The molecule has 1 aliphatic carbocycles. The fourth-order valence-corrected chi connectivity index (χ4v) is 6.15. The van der Waals surface area contributed by atoms with E-state index in [4.69, 9.17) is 14.2 Å². The summed E-state index contributed by atoms with van der Waals surface area (Å²) < 4.78 is 18.4. The Balaban J connectivity index is 1.61. The molecule has 1 N–H and O–H groups in total. The summed E-state index contributed by atoms with van der Waals surface area (Å²) in [6.07, 6.45) is 5.42. The van der Waals surface area contributed by atoms with Crippen molar-refractivity contribution in [1.82, 2.24) is 0 Å². The number of aliphatic hydroxyl groups is 1. The van der Waals surface area contributed by atoms with Crippen molar-refractivity contribution in [3.05, 3.63) is 42.0 Å². The summed E-state index contributed by atoms with van der Waals surface area (Å²) in [6.45, 7) is 5.59. The third-order valence-electron chi connectivity index (χ3n) is 7.71. The first-order chi connectivity index (χ1) is 14.8. The predicted octanol–water partition coefficient (Wildman–Crippen LogP) is 3.52. The smallest absolute Gasteiger partial charge is 0.332 e. The second-order valence-corrected chi connectivity index (χ2v) is 9.38. The van der Waals surface area contributed by atoms with Crippen LogP contribution < -0.4 is 0 Å². The molecule has 3 fully saturated rings. The molecule has 168 valence electrons. The zero-order valence-electron chi connectivity index (χ0n) is 18.5. The molecule has 0 aromatic heterocycles. The van der Waals surface area contributed by atoms with Gasteiger partial charge in [0.2, 0.25) is 0 Å². The van der Waals surface area contributed by atoms with E-state index in [9.17, 15) is 14.7 Å². The van der Waals surface area contributed by atoms with Crippen LogP contribution in [0.25, 0.3) is 6.08 Å². The Hall–Kier alpha value is -2.18. The summed E-state index contributed by atoms with van der Waals surface area (Å²) in [4.78, 5) is 24.7. The van der Waals surface area contributed by atoms with Crippen LogP contribution in [0.4, 0.5) is 0 Å². The number of ether oxygens (including phenoxy) is 3. The van der Waals surface area contributed by atoms with Gasteiger partial charge >= 0.3 is 11.9 Å². The Morgan fingerprint density at radius 3 is 2.65 bits per heavy atom. The number of rotatable bonds is 6. The van der Waals surface area contributed by atoms with Gasteiger partial charge in [-0.25, -0.2) is 9.59 Å². The summed E-state index contributed by atoms with van der Waals surface area (Å²) >= 11 is 0. The first-order valence-electron chi connectivity index (χ1n) is 11.3. The lowest BCUT2D eigenvalue weighted by Crippen LogP contribution is -2.60. The van der Waals surface area contributed by atoms with Crippen LogP contribution in [-0.4, -0.2) is 47.1 Å². The number of aliphatic hydroxyl groups excluding tert-OH is 1. The highest BCUT2D eigenvalue weighted by atomic mass is 16.6. The van der Waals surface area contributed by atoms with Gasteiger partial charge in [0.05, 0.1) is 0 Å². The van der Waals surface area contributed by atoms with Gasteiger partial charge in [0.25, 0.3) is 0 Å². The van der Waals surface area contributed by atoms with Crippen LogP contribution in [0.3, 0.4) is 0 Å². The molecule has 0 radical (unpaired) electrons. The first-order valence-corrected chi connectivity index (χ1v) is 11.3. The zero-order valence-corrected chi connectivity index (χ0v) is 18.5. The topological polar surface area (TPSA) is 82.1 Å². The Kier molecular flexibility index (Phi) is 5.97. The molecule has 2 heterocycles. The number of hydrogen-bond donors (Lipinski definition) is 1. The second-order valence-electron chi connectivity index (χ2n) is 9.38. The van der Waals surface area contributed by atoms with Gasteiger partial charge in [-0.1, -0.05) is 44.2 Å². The Labute approximate surface area is 183 Å². The standard InChI is InChI=1S/C25H32O6/c1-4-25-14-19(29-21(28)15-26)24(3,31-25)18-12-10-16(2)22(18)23(25)30-20(27)13-11-17-8-6-5-7-9-17/h5-9,11,13,16,18-19,22-23,26H,4,10,12,14-15H2,1-3H3/b13-11+/t16-,18-,19-,22-,23+,24+,25?/m1/s1. The zero-order chi connectivity index (χ0) is 22.2. The fourth-order valence-electron chi connectivity index (χ4n) is 6.15. The monoisotopic (exact) mass is 428 g/mol. The van der Waals surface area contributed by atoms with E-state index in [1.807, 2.05) is 44.2 Å². The third kappa shape index (κ3) is 3.80. The molecule has 6 nitrogen and oxygen atoms in total. The van der Waals surface area contributed by atoms with Crippen LogP contribution in [0.1, 0.15) is 52.0 Å². The van der Waals surface area contributed by atoms with Crippen molar-refractivity contribution in [1.29, 1.82) is 0 Å². The van der Waals surface area contributed by atoms with Gasteiger partial charge in [-0.3, -0.25) is 0 Å². The molecule has 2 aliphatic heterocycles. The van der Waals surface area contributed by atoms with Crippen LogP contribution in [0.15, 0.2) is 36.4 Å². The molecular weight excluding hydrogens is 396 g/mol. The molecule has 2 saturated heterocycles. The minimum atomic E-state index is -0.703. The van der Waals surface area contributed by atoms with E-state index in [0.29, 0.717) is 18.8 Å². The molecule has 3 aliphatic rings. The van der Waals surface area contributed by atoms with Crippen molar-refractivity contribution in [3.63, 3.8) is 0 Å². The van der Waals surface area contributed by atoms with Crippen LogP contribution in [0, 0.1) is 17.8 Å². The lowest BCUT2D eigenvalue weighted by molar-refractivity contribution is -0.253. The van der Waals surface area contributed by atoms with E-state index in [0.717, 1.165) is 18.4 Å². The fraction of sp³-hybridized carbons (Fsp3) is 0.600. The molecule has 0 spiro atoms. The Morgan fingerprint density at radius 1 is 1.23 bits per heavy atom. The minimum absolute atomic E-state index is 0.122. The summed E-state index contributed by atoms with van der Waals surface area (Å²) in [5.74, 6) is -0.386. The lowest BCUT2D eigenvalue weighted by atomic mass is 9.71. The number of benzene rings is 1. The quantitative estimate of drug-likeness (QED) is 0.552. The van der Waals surface area contributed by atoms with Crippen LogP contribution in [0.2, 0.25) is 0 Å². The highest BCUT2D eigenvalue weighted by Gasteiger charge is 2.70. The number of carbonyl (C=O) groups is 2. The van der Waals surface area contributed by atoms with Crippen LogP contribution >= 0.6 is 0 Å². The molecule has 4 rings (SSSR count). The highest BCUT2D eigenvalue weighted by molar-refractivity contribution is 5.87. The maximum absolute atomic E-state index is 12.8. The molecule has 2 bridgehead atoms. The maximum atomic E-state index is 12.8. The van der Waals surface area contributed by atoms with Crippen LogP contribution in [0.5, 0.6) is 0 Å². The van der Waals surface area contributed by atoms with Crippen molar-refractivity contribution in [2.24, 2.45) is 17.8 Å². The number of carbonyl (C=O) groups excluding carboxylic acids is 2. The highest BCUT2D eigenvalue weighted by Crippen LogP contribution is 2.62. The summed E-state index contributed by atoms with van der Waals surface area (Å²) in [6, 6.07) is 9.63. The first kappa shape index (κ1) is 22.0. The molecule has 1 aromatic carbocycles. The number of hydrogen-bond acceptors (Lipinski definition) is 6. The molecule has 1 aromatic rings. The lowest BCUT2D eigenvalue weighted by Gasteiger charge is -2.51. The van der Waals surface area contributed by atoms with E-state index < -0.39 is 36.0 Å².